The normalized spacial score (nSPS) is 11.7. The molecule has 2 N–H and O–H groups in total. The molecule has 20 heavy (non-hydrogen) atoms. The van der Waals surface area contributed by atoms with Crippen molar-refractivity contribution in [1.82, 2.24) is 5.32 Å². The van der Waals surface area contributed by atoms with Crippen molar-refractivity contribution >= 4 is 40.7 Å². The molecule has 0 spiro atoms. The largest absolute Gasteiger partial charge is 0.352 e. The fourth-order valence-corrected chi connectivity index (χ4v) is 1.85. The second-order valence-electron chi connectivity index (χ2n) is 4.26. The summed E-state index contributed by atoms with van der Waals surface area (Å²) in [7, 11) is 0. The topological polar surface area (TPSA) is 58.2 Å². The van der Waals surface area contributed by atoms with Gasteiger partial charge < -0.3 is 10.6 Å². The molecular formula is C14H16Cl2N2O2. The van der Waals surface area contributed by atoms with Gasteiger partial charge in [-0.25, -0.2) is 0 Å². The summed E-state index contributed by atoms with van der Waals surface area (Å²) in [6.07, 6.45) is 0. The molecule has 0 heterocycles. The third-order valence-electron chi connectivity index (χ3n) is 2.56. The van der Waals surface area contributed by atoms with Crippen LogP contribution in [0.25, 0.3) is 0 Å². The number of anilines is 1. The van der Waals surface area contributed by atoms with Crippen molar-refractivity contribution in [2.75, 3.05) is 11.9 Å². The van der Waals surface area contributed by atoms with Crippen LogP contribution in [-0.2, 0) is 9.59 Å². The summed E-state index contributed by atoms with van der Waals surface area (Å²) in [6, 6.07) is 5.57. The molecule has 0 aliphatic carbocycles. The van der Waals surface area contributed by atoms with E-state index >= 15 is 0 Å². The van der Waals surface area contributed by atoms with Crippen LogP contribution < -0.4 is 10.6 Å². The van der Waals surface area contributed by atoms with Crippen molar-refractivity contribution in [2.24, 2.45) is 0 Å². The first-order valence-electron chi connectivity index (χ1n) is 6.08. The van der Waals surface area contributed by atoms with Gasteiger partial charge in [0.25, 0.3) is 11.8 Å². The first kappa shape index (κ1) is 16.5. The van der Waals surface area contributed by atoms with Crippen LogP contribution >= 0.6 is 23.2 Å². The second kappa shape index (κ2) is 7.31. The fraction of sp³-hybridized carbons (Fsp3) is 0.286. The van der Waals surface area contributed by atoms with Gasteiger partial charge in [-0.2, -0.15) is 0 Å². The molecule has 4 nitrogen and oxygen atoms in total. The highest BCUT2D eigenvalue weighted by molar-refractivity contribution is 6.54. The van der Waals surface area contributed by atoms with Gasteiger partial charge in [0.2, 0.25) is 0 Å². The smallest absolute Gasteiger partial charge is 0.268 e. The lowest BCUT2D eigenvalue weighted by molar-refractivity contribution is -0.117. The SMILES string of the molecule is CCNC(=O)/C(Cl)=C(/Cl)C(=O)Nc1ccc(C)cc1C. The van der Waals surface area contributed by atoms with Crippen LogP contribution in [0.15, 0.2) is 28.3 Å². The Morgan fingerprint density at radius 3 is 2.25 bits per heavy atom. The molecule has 0 aromatic heterocycles. The van der Waals surface area contributed by atoms with Crippen LogP contribution in [-0.4, -0.2) is 18.4 Å². The summed E-state index contributed by atoms with van der Waals surface area (Å²) in [5.41, 5.74) is 2.61. The number of aryl methyl sites for hydroxylation is 2. The van der Waals surface area contributed by atoms with Crippen LogP contribution in [0.5, 0.6) is 0 Å². The lowest BCUT2D eigenvalue weighted by Crippen LogP contribution is -2.25. The first-order valence-corrected chi connectivity index (χ1v) is 6.84. The van der Waals surface area contributed by atoms with Crippen LogP contribution in [0.1, 0.15) is 18.1 Å². The minimum Gasteiger partial charge on any atom is -0.352 e. The molecule has 0 fully saturated rings. The van der Waals surface area contributed by atoms with E-state index in [4.69, 9.17) is 23.2 Å². The maximum atomic E-state index is 11.9. The maximum Gasteiger partial charge on any atom is 0.268 e. The Labute approximate surface area is 128 Å². The van der Waals surface area contributed by atoms with Crippen LogP contribution in [0.4, 0.5) is 5.69 Å². The highest BCUT2D eigenvalue weighted by atomic mass is 35.5. The van der Waals surface area contributed by atoms with Gasteiger partial charge in [-0.1, -0.05) is 40.9 Å². The van der Waals surface area contributed by atoms with E-state index in [-0.39, 0.29) is 10.1 Å². The quantitative estimate of drug-likeness (QED) is 0.839. The Kier molecular flexibility index (Phi) is 6.05. The number of nitrogens with one attached hydrogen (secondary N) is 2. The summed E-state index contributed by atoms with van der Waals surface area (Å²) >= 11 is 11.6. The highest BCUT2D eigenvalue weighted by Gasteiger charge is 2.18. The molecule has 0 aliphatic heterocycles. The molecule has 0 atom stereocenters. The molecule has 6 heteroatoms. The van der Waals surface area contributed by atoms with E-state index in [0.717, 1.165) is 11.1 Å². The van der Waals surface area contributed by atoms with Crippen molar-refractivity contribution in [3.8, 4) is 0 Å². The van der Waals surface area contributed by atoms with Gasteiger partial charge in [-0.15, -0.1) is 0 Å². The van der Waals surface area contributed by atoms with Gasteiger partial charge in [-0.3, -0.25) is 9.59 Å². The minimum absolute atomic E-state index is 0.323. The molecular weight excluding hydrogens is 299 g/mol. The highest BCUT2D eigenvalue weighted by Crippen LogP contribution is 2.20. The molecule has 0 saturated heterocycles. The Morgan fingerprint density at radius 2 is 1.70 bits per heavy atom. The summed E-state index contributed by atoms with van der Waals surface area (Å²) < 4.78 is 0. The van der Waals surface area contributed by atoms with Crippen molar-refractivity contribution in [1.29, 1.82) is 0 Å². The average Bonchev–Trinajstić information content (AvgIpc) is 2.40. The van der Waals surface area contributed by atoms with Crippen molar-refractivity contribution in [2.45, 2.75) is 20.8 Å². The Morgan fingerprint density at radius 1 is 1.10 bits per heavy atom. The standard InChI is InChI=1S/C14H16Cl2N2O2/c1-4-17-13(19)11(15)12(16)14(20)18-10-6-5-8(2)7-9(10)3/h5-7H,4H2,1-3H3,(H,17,19)(H,18,20)/b12-11-. The summed E-state index contributed by atoms with van der Waals surface area (Å²) in [5.74, 6) is -1.19. The monoisotopic (exact) mass is 314 g/mol. The number of carbonyl (C=O) groups excluding carboxylic acids is 2. The predicted octanol–water partition coefficient (Wildman–Crippen LogP) is 3.07. The third-order valence-corrected chi connectivity index (χ3v) is 3.38. The van der Waals surface area contributed by atoms with E-state index in [0.29, 0.717) is 12.2 Å². The number of rotatable bonds is 4. The van der Waals surface area contributed by atoms with Crippen molar-refractivity contribution < 1.29 is 9.59 Å². The number of likely N-dealkylation sites (N-methyl/N-ethyl adjacent to an activating group) is 1. The van der Waals surface area contributed by atoms with Crippen LogP contribution in [0, 0.1) is 13.8 Å². The van der Waals surface area contributed by atoms with Gasteiger partial charge >= 0.3 is 0 Å². The first-order chi connectivity index (χ1) is 9.36. The van der Waals surface area contributed by atoms with Crippen molar-refractivity contribution in [3.05, 3.63) is 39.4 Å². The summed E-state index contributed by atoms with van der Waals surface area (Å²) in [5, 5.41) is 4.43. The molecule has 0 aliphatic rings. The molecule has 0 saturated carbocycles. The molecule has 0 unspecified atom stereocenters. The number of hydrogen-bond acceptors (Lipinski definition) is 2. The van der Waals surface area contributed by atoms with Gasteiger partial charge in [0, 0.05) is 12.2 Å². The zero-order valence-electron chi connectivity index (χ0n) is 11.5. The summed E-state index contributed by atoms with van der Waals surface area (Å²) in [4.78, 5) is 23.4. The lowest BCUT2D eigenvalue weighted by atomic mass is 10.1. The van der Waals surface area contributed by atoms with Gasteiger partial charge in [0.15, 0.2) is 0 Å². The Hall–Kier alpha value is -1.52. The second-order valence-corrected chi connectivity index (χ2v) is 5.02. The van der Waals surface area contributed by atoms with E-state index in [1.54, 1.807) is 13.0 Å². The third kappa shape index (κ3) is 4.25. The number of halogens is 2. The van der Waals surface area contributed by atoms with E-state index in [9.17, 15) is 9.59 Å². The molecule has 2 amide bonds. The van der Waals surface area contributed by atoms with Gasteiger partial charge in [0.1, 0.15) is 10.1 Å². The predicted molar refractivity (Wildman–Crippen MR) is 82.0 cm³/mol. The minimum atomic E-state index is -0.616. The molecule has 1 rings (SSSR count). The van der Waals surface area contributed by atoms with Gasteiger partial charge in [0.05, 0.1) is 0 Å². The van der Waals surface area contributed by atoms with E-state index in [1.807, 2.05) is 26.0 Å². The average molecular weight is 315 g/mol. The van der Waals surface area contributed by atoms with E-state index in [1.165, 1.54) is 0 Å². The van der Waals surface area contributed by atoms with Crippen molar-refractivity contribution in [3.63, 3.8) is 0 Å². The Balaban J connectivity index is 2.90. The van der Waals surface area contributed by atoms with Crippen LogP contribution in [0.2, 0.25) is 0 Å². The molecule has 1 aromatic carbocycles. The number of hydrogen-bond donors (Lipinski definition) is 2. The van der Waals surface area contributed by atoms with Crippen LogP contribution in [0.3, 0.4) is 0 Å². The molecule has 108 valence electrons. The van der Waals surface area contributed by atoms with Gasteiger partial charge in [-0.05, 0) is 32.4 Å². The Bertz CT molecular complexity index is 568. The maximum absolute atomic E-state index is 11.9. The molecule has 0 bridgehead atoms. The zero-order chi connectivity index (χ0) is 15.3. The summed E-state index contributed by atoms with van der Waals surface area (Å²) in [6.45, 7) is 5.96. The van der Waals surface area contributed by atoms with E-state index in [2.05, 4.69) is 10.6 Å². The lowest BCUT2D eigenvalue weighted by Gasteiger charge is -2.09. The number of benzene rings is 1. The number of carbonyl (C=O) groups is 2. The zero-order valence-corrected chi connectivity index (χ0v) is 13.0. The molecule has 0 radical (unpaired) electrons. The molecule has 1 aromatic rings. The fourth-order valence-electron chi connectivity index (χ4n) is 1.57. The van der Waals surface area contributed by atoms with E-state index < -0.39 is 11.8 Å². The number of amides is 2.